The molecule has 0 spiro atoms. The zero-order valence-corrected chi connectivity index (χ0v) is 10.2. The molecule has 0 N–H and O–H groups in total. The van der Waals surface area contributed by atoms with Gasteiger partial charge in [-0.3, -0.25) is 0 Å². The average molecular weight is 210 g/mol. The Hall–Kier alpha value is -0.990. The van der Waals surface area contributed by atoms with Gasteiger partial charge in [-0.15, -0.1) is 0 Å². The van der Waals surface area contributed by atoms with E-state index in [9.17, 15) is 4.79 Å². The number of rotatable bonds is 2. The van der Waals surface area contributed by atoms with Crippen molar-refractivity contribution in [1.82, 2.24) is 9.80 Å². The van der Waals surface area contributed by atoms with Crippen molar-refractivity contribution >= 4 is 6.03 Å². The molecule has 0 bridgehead atoms. The van der Waals surface area contributed by atoms with Gasteiger partial charge >= 0.3 is 6.03 Å². The van der Waals surface area contributed by atoms with Gasteiger partial charge in [0.2, 0.25) is 0 Å². The van der Waals surface area contributed by atoms with Gasteiger partial charge in [0.05, 0.1) is 0 Å². The first-order chi connectivity index (χ1) is 7.04. The molecule has 0 aromatic carbocycles. The van der Waals surface area contributed by atoms with E-state index in [4.69, 9.17) is 0 Å². The maximum absolute atomic E-state index is 12.2. The van der Waals surface area contributed by atoms with E-state index in [1.165, 1.54) is 0 Å². The molecule has 86 valence electrons. The van der Waals surface area contributed by atoms with Crippen LogP contribution in [-0.2, 0) is 0 Å². The van der Waals surface area contributed by atoms with Gasteiger partial charge < -0.3 is 9.80 Å². The Labute approximate surface area is 92.7 Å². The molecule has 1 aliphatic rings. The topological polar surface area (TPSA) is 23.6 Å². The van der Waals surface area contributed by atoms with Crippen molar-refractivity contribution in [2.75, 3.05) is 13.1 Å². The molecule has 0 aromatic rings. The number of carbonyl (C=O) groups excluding carboxylic acids is 1. The normalized spacial score (nSPS) is 16.3. The summed E-state index contributed by atoms with van der Waals surface area (Å²) < 4.78 is 0. The predicted octanol–water partition coefficient (Wildman–Crippen LogP) is 2.49. The van der Waals surface area contributed by atoms with Crippen LogP contribution >= 0.6 is 0 Å². The number of amides is 2. The fraction of sp³-hybridized carbons (Fsp3) is 0.750. The zero-order chi connectivity index (χ0) is 11.4. The van der Waals surface area contributed by atoms with Crippen molar-refractivity contribution in [2.45, 2.75) is 46.2 Å². The standard InChI is InChI=1S/C12H22N2O/c1-10(2)14(11(3)4)12(15)13-8-6-5-7-9-13/h5-6,10-11H,7-9H2,1-4H3. The van der Waals surface area contributed by atoms with Crippen LogP contribution in [0.3, 0.4) is 0 Å². The maximum atomic E-state index is 12.2. The lowest BCUT2D eigenvalue weighted by molar-refractivity contribution is 0.128. The van der Waals surface area contributed by atoms with Gasteiger partial charge in [0.15, 0.2) is 0 Å². The van der Waals surface area contributed by atoms with Crippen LogP contribution in [-0.4, -0.2) is 41.0 Å². The summed E-state index contributed by atoms with van der Waals surface area (Å²) in [5, 5.41) is 0. The number of carbonyl (C=O) groups is 1. The second-order valence-electron chi connectivity index (χ2n) is 4.58. The Morgan fingerprint density at radius 2 is 1.80 bits per heavy atom. The monoisotopic (exact) mass is 210 g/mol. The number of nitrogens with zero attached hydrogens (tertiary/aromatic N) is 2. The lowest BCUT2D eigenvalue weighted by Gasteiger charge is -2.36. The van der Waals surface area contributed by atoms with E-state index < -0.39 is 0 Å². The van der Waals surface area contributed by atoms with Gasteiger partial charge in [-0.1, -0.05) is 12.2 Å². The number of hydrogen-bond donors (Lipinski definition) is 0. The van der Waals surface area contributed by atoms with Crippen LogP contribution in [0.5, 0.6) is 0 Å². The van der Waals surface area contributed by atoms with Crippen LogP contribution in [0.25, 0.3) is 0 Å². The van der Waals surface area contributed by atoms with Crippen LogP contribution in [0, 0.1) is 0 Å². The number of hydrogen-bond acceptors (Lipinski definition) is 1. The van der Waals surface area contributed by atoms with Crippen molar-refractivity contribution < 1.29 is 4.79 Å². The molecule has 2 amide bonds. The van der Waals surface area contributed by atoms with E-state index >= 15 is 0 Å². The predicted molar refractivity (Wildman–Crippen MR) is 62.8 cm³/mol. The average Bonchev–Trinajstić information content (AvgIpc) is 2.18. The highest BCUT2D eigenvalue weighted by Crippen LogP contribution is 2.12. The summed E-state index contributed by atoms with van der Waals surface area (Å²) in [6.07, 6.45) is 5.19. The molecule has 0 fully saturated rings. The van der Waals surface area contributed by atoms with Crippen LogP contribution in [0.15, 0.2) is 12.2 Å². The molecule has 1 heterocycles. The quantitative estimate of drug-likeness (QED) is 0.642. The minimum atomic E-state index is 0.171. The van der Waals surface area contributed by atoms with Gasteiger partial charge in [0.25, 0.3) is 0 Å². The zero-order valence-electron chi connectivity index (χ0n) is 10.2. The van der Waals surface area contributed by atoms with Crippen molar-refractivity contribution in [2.24, 2.45) is 0 Å². The van der Waals surface area contributed by atoms with Gasteiger partial charge in [-0.2, -0.15) is 0 Å². The van der Waals surface area contributed by atoms with Crippen LogP contribution < -0.4 is 0 Å². The lowest BCUT2D eigenvalue weighted by atomic mass is 10.2. The minimum absolute atomic E-state index is 0.171. The van der Waals surface area contributed by atoms with Gasteiger partial charge in [-0.25, -0.2) is 4.79 Å². The molecule has 0 atom stereocenters. The third-order valence-corrected chi connectivity index (χ3v) is 2.66. The second kappa shape index (κ2) is 5.19. The van der Waals surface area contributed by atoms with Gasteiger partial charge in [0.1, 0.15) is 0 Å². The molecule has 0 unspecified atom stereocenters. The molecule has 15 heavy (non-hydrogen) atoms. The lowest BCUT2D eigenvalue weighted by Crippen LogP contribution is -2.50. The van der Waals surface area contributed by atoms with E-state index in [2.05, 4.69) is 39.8 Å². The van der Waals surface area contributed by atoms with Crippen LogP contribution in [0.2, 0.25) is 0 Å². The maximum Gasteiger partial charge on any atom is 0.320 e. The van der Waals surface area contributed by atoms with E-state index in [0.29, 0.717) is 0 Å². The molecule has 0 radical (unpaired) electrons. The Morgan fingerprint density at radius 3 is 2.20 bits per heavy atom. The van der Waals surface area contributed by atoms with Crippen LogP contribution in [0.4, 0.5) is 4.79 Å². The fourth-order valence-electron chi connectivity index (χ4n) is 2.02. The van der Waals surface area contributed by atoms with Crippen LogP contribution in [0.1, 0.15) is 34.1 Å². The first-order valence-corrected chi connectivity index (χ1v) is 5.76. The smallest absolute Gasteiger partial charge is 0.320 e. The highest BCUT2D eigenvalue weighted by molar-refractivity contribution is 5.75. The molecule has 0 aromatic heterocycles. The second-order valence-corrected chi connectivity index (χ2v) is 4.58. The Bertz CT molecular complexity index is 238. The summed E-state index contributed by atoms with van der Waals surface area (Å²) in [5.74, 6) is 0. The Kier molecular flexibility index (Phi) is 4.18. The Morgan fingerprint density at radius 1 is 1.20 bits per heavy atom. The molecule has 0 saturated carbocycles. The minimum Gasteiger partial charge on any atom is -0.321 e. The highest BCUT2D eigenvalue weighted by Gasteiger charge is 2.25. The van der Waals surface area contributed by atoms with E-state index in [1.54, 1.807) is 0 Å². The summed E-state index contributed by atoms with van der Waals surface area (Å²) in [6.45, 7) is 9.88. The largest absolute Gasteiger partial charge is 0.321 e. The van der Waals surface area contributed by atoms with Crippen molar-refractivity contribution in [3.8, 4) is 0 Å². The number of urea groups is 1. The summed E-state index contributed by atoms with van der Waals surface area (Å²) in [6, 6.07) is 0.705. The first-order valence-electron chi connectivity index (χ1n) is 5.76. The Balaban J connectivity index is 2.67. The molecule has 0 saturated heterocycles. The van der Waals surface area contributed by atoms with Crippen molar-refractivity contribution in [3.63, 3.8) is 0 Å². The molecule has 3 heteroatoms. The van der Waals surface area contributed by atoms with Crippen molar-refractivity contribution in [1.29, 1.82) is 0 Å². The van der Waals surface area contributed by atoms with E-state index in [0.717, 1.165) is 19.5 Å². The highest BCUT2D eigenvalue weighted by atomic mass is 16.2. The van der Waals surface area contributed by atoms with E-state index in [-0.39, 0.29) is 18.1 Å². The SMILES string of the molecule is CC(C)N(C(=O)N1CC=CCC1)C(C)C. The molecule has 3 nitrogen and oxygen atoms in total. The first kappa shape index (κ1) is 12.1. The molecule has 0 aliphatic carbocycles. The molecular formula is C12H22N2O. The summed E-state index contributed by atoms with van der Waals surface area (Å²) in [5.41, 5.74) is 0. The molecule has 1 rings (SSSR count). The third kappa shape index (κ3) is 2.98. The summed E-state index contributed by atoms with van der Waals surface area (Å²) >= 11 is 0. The van der Waals surface area contributed by atoms with Gasteiger partial charge in [0, 0.05) is 25.2 Å². The summed E-state index contributed by atoms with van der Waals surface area (Å²) in [4.78, 5) is 16.1. The van der Waals surface area contributed by atoms with E-state index in [1.807, 2.05) is 9.80 Å². The van der Waals surface area contributed by atoms with Gasteiger partial charge in [-0.05, 0) is 34.1 Å². The molecule has 1 aliphatic heterocycles. The fourth-order valence-corrected chi connectivity index (χ4v) is 2.02. The third-order valence-electron chi connectivity index (χ3n) is 2.66. The van der Waals surface area contributed by atoms with Crippen molar-refractivity contribution in [3.05, 3.63) is 12.2 Å². The summed E-state index contributed by atoms with van der Waals surface area (Å²) in [7, 11) is 0. The molecular weight excluding hydrogens is 188 g/mol.